The maximum Gasteiger partial charge on any atom is 0.278 e. The van der Waals surface area contributed by atoms with E-state index in [1.165, 1.54) is 4.40 Å². The molecule has 3 aromatic heterocycles. The third-order valence-electron chi connectivity index (χ3n) is 6.21. The third kappa shape index (κ3) is 3.31. The lowest BCUT2D eigenvalue weighted by molar-refractivity contribution is -0.666. The number of nitrogen functional groups attached to an aromatic ring is 1. The van der Waals surface area contributed by atoms with Crippen LogP contribution in [0.2, 0.25) is 0 Å². The predicted octanol–water partition coefficient (Wildman–Crippen LogP) is 1.57. The van der Waals surface area contributed by atoms with Crippen molar-refractivity contribution in [2.75, 3.05) is 12.3 Å². The quantitative estimate of drug-likeness (QED) is 0.504. The van der Waals surface area contributed by atoms with Gasteiger partial charge in [-0.15, -0.1) is 0 Å². The fourth-order valence-corrected chi connectivity index (χ4v) is 4.59. The molecule has 3 aromatic rings. The normalized spacial score (nSPS) is 19.7. The number of aromatic nitrogens is 3. The van der Waals surface area contributed by atoms with Gasteiger partial charge in [0.2, 0.25) is 11.5 Å². The smallest absolute Gasteiger partial charge is 0.278 e. The highest BCUT2D eigenvalue weighted by Gasteiger charge is 2.28. The van der Waals surface area contributed by atoms with Crippen LogP contribution >= 0.6 is 0 Å². The van der Waals surface area contributed by atoms with Crippen molar-refractivity contribution in [3.63, 3.8) is 0 Å². The first kappa shape index (κ1) is 19.0. The SMILES string of the molecule is Nc1c(C(=O)NC2CCCC2)cc2c(=O)n3ccccc3nc2[n+]1C[C@H]1CCCO1. The van der Waals surface area contributed by atoms with E-state index in [-0.39, 0.29) is 23.6 Å². The van der Waals surface area contributed by atoms with Crippen LogP contribution in [0.15, 0.2) is 35.3 Å². The van der Waals surface area contributed by atoms with Crippen molar-refractivity contribution in [3.8, 4) is 0 Å². The number of anilines is 1. The zero-order valence-electron chi connectivity index (χ0n) is 16.8. The van der Waals surface area contributed by atoms with Crippen LogP contribution in [0.1, 0.15) is 48.9 Å². The van der Waals surface area contributed by atoms with Gasteiger partial charge in [-0.25, -0.2) is 4.57 Å². The van der Waals surface area contributed by atoms with E-state index in [2.05, 4.69) is 5.32 Å². The van der Waals surface area contributed by atoms with E-state index in [4.69, 9.17) is 15.5 Å². The number of rotatable bonds is 4. The van der Waals surface area contributed by atoms with Crippen molar-refractivity contribution >= 4 is 28.4 Å². The number of nitrogens with two attached hydrogens (primary N) is 1. The zero-order valence-corrected chi connectivity index (χ0v) is 16.8. The Labute approximate surface area is 173 Å². The Morgan fingerprint density at radius 1 is 1.27 bits per heavy atom. The summed E-state index contributed by atoms with van der Waals surface area (Å²) in [5.41, 5.74) is 7.62. The standard InChI is InChI=1S/C22H25N5O3/c23-19-16(21(28)24-14-6-1-2-7-14)12-17-20(27(19)13-15-8-5-11-30-15)25-18-9-3-4-10-26(18)22(17)29/h3-4,9-10,12,14-15,23H,1-2,5-8,11,13H2,(H,24,28)/p+1/t15-/m1/s1. The fourth-order valence-electron chi connectivity index (χ4n) is 4.59. The lowest BCUT2D eigenvalue weighted by atomic mass is 10.1. The molecule has 4 heterocycles. The van der Waals surface area contributed by atoms with Gasteiger partial charge in [-0.2, -0.15) is 0 Å². The molecular formula is C22H26N5O3+. The first-order chi connectivity index (χ1) is 14.6. The van der Waals surface area contributed by atoms with Gasteiger partial charge in [0, 0.05) is 18.8 Å². The van der Waals surface area contributed by atoms with Crippen LogP contribution in [0.4, 0.5) is 5.82 Å². The molecule has 1 amide bonds. The first-order valence-electron chi connectivity index (χ1n) is 10.7. The summed E-state index contributed by atoms with van der Waals surface area (Å²) in [5, 5.41) is 3.46. The first-order valence-corrected chi connectivity index (χ1v) is 10.7. The lowest BCUT2D eigenvalue weighted by Gasteiger charge is -2.16. The number of nitrogens with zero attached hydrogens (tertiary/aromatic N) is 3. The Morgan fingerprint density at radius 2 is 2.10 bits per heavy atom. The molecule has 1 saturated heterocycles. The summed E-state index contributed by atoms with van der Waals surface area (Å²) in [4.78, 5) is 31.0. The number of hydrogen-bond donors (Lipinski definition) is 2. The molecule has 0 unspecified atom stereocenters. The molecule has 2 aliphatic rings. The highest BCUT2D eigenvalue weighted by atomic mass is 16.5. The number of hydrogen-bond acceptors (Lipinski definition) is 5. The second-order valence-electron chi connectivity index (χ2n) is 8.23. The summed E-state index contributed by atoms with van der Waals surface area (Å²) in [6.07, 6.45) is 7.77. The Balaban J connectivity index is 1.68. The van der Waals surface area contributed by atoms with E-state index in [1.54, 1.807) is 29.0 Å². The van der Waals surface area contributed by atoms with E-state index >= 15 is 0 Å². The maximum absolute atomic E-state index is 13.2. The van der Waals surface area contributed by atoms with Crippen LogP contribution in [0.3, 0.4) is 0 Å². The molecule has 2 fully saturated rings. The van der Waals surface area contributed by atoms with Gasteiger partial charge in [0.05, 0.1) is 12.6 Å². The Morgan fingerprint density at radius 3 is 2.87 bits per heavy atom. The number of fused-ring (bicyclic) bond motifs is 2. The minimum atomic E-state index is -0.236. The Hall–Kier alpha value is -3.00. The predicted molar refractivity (Wildman–Crippen MR) is 112 cm³/mol. The molecule has 0 bridgehead atoms. The molecule has 5 rings (SSSR count). The number of nitrogens with one attached hydrogen (secondary N) is 1. The number of amides is 1. The molecule has 156 valence electrons. The van der Waals surface area contributed by atoms with Crippen LogP contribution in [-0.4, -0.2) is 34.0 Å². The third-order valence-corrected chi connectivity index (χ3v) is 6.21. The van der Waals surface area contributed by atoms with Gasteiger partial charge in [0.15, 0.2) is 0 Å². The van der Waals surface area contributed by atoms with Crippen molar-refractivity contribution in [2.45, 2.75) is 57.2 Å². The molecule has 1 aliphatic heterocycles. The minimum absolute atomic E-state index is 0.00957. The fraction of sp³-hybridized carbons (Fsp3) is 0.455. The average molecular weight is 408 g/mol. The number of carbonyl (C=O) groups excluding carboxylic acids is 1. The van der Waals surface area contributed by atoms with Crippen LogP contribution < -0.4 is 21.2 Å². The van der Waals surface area contributed by atoms with E-state index in [0.29, 0.717) is 41.2 Å². The molecule has 1 atom stereocenters. The van der Waals surface area contributed by atoms with E-state index in [9.17, 15) is 9.59 Å². The maximum atomic E-state index is 13.2. The summed E-state index contributed by atoms with van der Waals surface area (Å²) in [5.74, 6) is 0.0839. The van der Waals surface area contributed by atoms with Crippen LogP contribution in [0.5, 0.6) is 0 Å². The van der Waals surface area contributed by atoms with E-state index in [1.807, 2.05) is 6.07 Å². The van der Waals surface area contributed by atoms with Gasteiger partial charge in [0.25, 0.3) is 17.1 Å². The Bertz CT molecular complexity index is 1180. The van der Waals surface area contributed by atoms with E-state index < -0.39 is 0 Å². The molecule has 0 aromatic carbocycles. The van der Waals surface area contributed by atoms with Crippen molar-refractivity contribution in [1.29, 1.82) is 0 Å². The molecular weight excluding hydrogens is 382 g/mol. The van der Waals surface area contributed by atoms with Crippen LogP contribution in [0, 0.1) is 0 Å². The molecule has 30 heavy (non-hydrogen) atoms. The molecule has 8 nitrogen and oxygen atoms in total. The molecule has 8 heteroatoms. The summed E-state index contributed by atoms with van der Waals surface area (Å²) in [6, 6.07) is 7.16. The van der Waals surface area contributed by atoms with Gasteiger partial charge in [-0.1, -0.05) is 23.9 Å². The summed E-state index contributed by atoms with van der Waals surface area (Å²) < 4.78 is 9.07. The number of carbonyl (C=O) groups is 1. The summed E-state index contributed by atoms with van der Waals surface area (Å²) >= 11 is 0. The van der Waals surface area contributed by atoms with Crippen molar-refractivity contribution in [3.05, 3.63) is 46.4 Å². The van der Waals surface area contributed by atoms with Crippen LogP contribution in [0.25, 0.3) is 16.7 Å². The number of pyridine rings is 2. The van der Waals surface area contributed by atoms with Gasteiger partial charge >= 0.3 is 0 Å². The minimum Gasteiger partial charge on any atom is -0.375 e. The molecule has 1 saturated carbocycles. The Kier molecular flexibility index (Phi) is 4.86. The van der Waals surface area contributed by atoms with Crippen molar-refractivity contribution in [1.82, 2.24) is 14.7 Å². The summed E-state index contributed by atoms with van der Waals surface area (Å²) in [7, 11) is 0. The van der Waals surface area contributed by atoms with Gasteiger partial charge in [-0.05, 0) is 43.9 Å². The highest BCUT2D eigenvalue weighted by Crippen LogP contribution is 2.21. The average Bonchev–Trinajstić information content (AvgIpc) is 3.44. The van der Waals surface area contributed by atoms with Crippen LogP contribution in [-0.2, 0) is 11.3 Å². The zero-order chi connectivity index (χ0) is 20.7. The second kappa shape index (κ2) is 7.68. The monoisotopic (exact) mass is 408 g/mol. The molecule has 0 spiro atoms. The van der Waals surface area contributed by atoms with E-state index in [0.717, 1.165) is 38.5 Å². The highest BCUT2D eigenvalue weighted by molar-refractivity contribution is 6.00. The second-order valence-corrected chi connectivity index (χ2v) is 8.23. The number of ether oxygens (including phenoxy) is 1. The summed E-state index contributed by atoms with van der Waals surface area (Å²) in [6.45, 7) is 1.17. The lowest BCUT2D eigenvalue weighted by Crippen LogP contribution is -2.46. The van der Waals surface area contributed by atoms with Crippen molar-refractivity contribution in [2.24, 2.45) is 0 Å². The molecule has 1 aliphatic carbocycles. The van der Waals surface area contributed by atoms with Gasteiger partial charge in [-0.3, -0.25) is 14.0 Å². The van der Waals surface area contributed by atoms with Gasteiger partial charge < -0.3 is 15.8 Å². The molecule has 3 N–H and O–H groups in total. The van der Waals surface area contributed by atoms with Gasteiger partial charge in [0.1, 0.15) is 10.9 Å². The van der Waals surface area contributed by atoms with Crippen molar-refractivity contribution < 1.29 is 14.1 Å². The largest absolute Gasteiger partial charge is 0.375 e. The topological polar surface area (TPSA) is 103 Å². The molecule has 0 radical (unpaired) electrons.